The van der Waals surface area contributed by atoms with E-state index in [0.29, 0.717) is 17.0 Å². The molecule has 2 heterocycles. The van der Waals surface area contributed by atoms with E-state index in [1.807, 2.05) is 31.2 Å². The molecule has 0 aliphatic carbocycles. The van der Waals surface area contributed by atoms with Crippen molar-refractivity contribution in [2.75, 3.05) is 7.11 Å². The van der Waals surface area contributed by atoms with Gasteiger partial charge in [-0.2, -0.15) is 4.52 Å². The Bertz CT molecular complexity index is 1140. The fourth-order valence-corrected chi connectivity index (χ4v) is 2.86. The van der Waals surface area contributed by atoms with Crippen LogP contribution >= 0.6 is 0 Å². The molecule has 0 N–H and O–H groups in total. The number of pyridine rings is 1. The number of ketones is 1. The van der Waals surface area contributed by atoms with Crippen molar-refractivity contribution in [3.05, 3.63) is 71.3 Å². The molecule has 0 fully saturated rings. The molecule has 0 spiro atoms. The summed E-state index contributed by atoms with van der Waals surface area (Å²) in [5.41, 5.74) is 4.06. The Balaban J connectivity index is 1.73. The zero-order chi connectivity index (χ0) is 18.1. The number of methoxy groups -OCH3 is 1. The number of hydrogen-bond donors (Lipinski definition) is 0. The number of ether oxygens (including phenoxy) is 1. The first-order valence-electron chi connectivity index (χ1n) is 8.13. The fraction of sp³-hybridized carbons (Fsp3) is 0.100. The van der Waals surface area contributed by atoms with Crippen LogP contribution in [0.1, 0.15) is 21.5 Å². The molecule has 6 heteroatoms. The summed E-state index contributed by atoms with van der Waals surface area (Å²) in [5, 5.41) is 13.0. The Labute approximate surface area is 149 Å². The fourth-order valence-electron chi connectivity index (χ4n) is 2.86. The Morgan fingerprint density at radius 2 is 1.92 bits per heavy atom. The molecule has 26 heavy (non-hydrogen) atoms. The third-order valence-corrected chi connectivity index (χ3v) is 4.24. The van der Waals surface area contributed by atoms with Crippen LogP contribution in [0.25, 0.3) is 22.6 Å². The second kappa shape index (κ2) is 6.40. The molecule has 0 bridgehead atoms. The predicted octanol–water partition coefficient (Wildman–Crippen LogP) is 3.49. The van der Waals surface area contributed by atoms with Crippen LogP contribution in [0, 0.1) is 6.92 Å². The lowest BCUT2D eigenvalue weighted by atomic mass is 10.1. The molecule has 2 aromatic heterocycles. The largest absolute Gasteiger partial charge is 0.497 e. The van der Waals surface area contributed by atoms with Gasteiger partial charge < -0.3 is 4.74 Å². The van der Waals surface area contributed by atoms with Crippen molar-refractivity contribution in [2.24, 2.45) is 0 Å². The lowest BCUT2D eigenvalue weighted by molar-refractivity contribution is 0.104. The monoisotopic (exact) mass is 344 g/mol. The summed E-state index contributed by atoms with van der Waals surface area (Å²) >= 11 is 0. The number of allylic oxidation sites excluding steroid dienone is 1. The molecule has 0 radical (unpaired) electrons. The first-order chi connectivity index (χ1) is 12.7. The number of fused-ring (bicyclic) bond motifs is 3. The number of rotatable bonds is 4. The minimum atomic E-state index is -0.0951. The van der Waals surface area contributed by atoms with Crippen molar-refractivity contribution in [1.82, 2.24) is 20.0 Å². The highest BCUT2D eigenvalue weighted by Gasteiger charge is 2.09. The van der Waals surface area contributed by atoms with Crippen molar-refractivity contribution in [3.63, 3.8) is 0 Å². The molecule has 6 nitrogen and oxygen atoms in total. The van der Waals surface area contributed by atoms with Gasteiger partial charge >= 0.3 is 0 Å². The zero-order valence-electron chi connectivity index (χ0n) is 14.4. The number of tetrazole rings is 1. The van der Waals surface area contributed by atoms with Gasteiger partial charge in [0.1, 0.15) is 5.75 Å². The smallest absolute Gasteiger partial charge is 0.187 e. The van der Waals surface area contributed by atoms with Crippen LogP contribution in [-0.2, 0) is 0 Å². The third-order valence-electron chi connectivity index (χ3n) is 4.24. The Kier molecular flexibility index (Phi) is 3.93. The molecule has 0 saturated heterocycles. The lowest BCUT2D eigenvalue weighted by Gasteiger charge is -2.04. The van der Waals surface area contributed by atoms with E-state index in [1.54, 1.807) is 42.0 Å². The third kappa shape index (κ3) is 2.82. The van der Waals surface area contributed by atoms with Crippen LogP contribution in [0.4, 0.5) is 0 Å². The normalized spacial score (nSPS) is 11.5. The Hall–Kier alpha value is -3.54. The highest BCUT2D eigenvalue weighted by Crippen LogP contribution is 2.21. The summed E-state index contributed by atoms with van der Waals surface area (Å²) in [6.07, 6.45) is 3.28. The average molecular weight is 344 g/mol. The summed E-state index contributed by atoms with van der Waals surface area (Å²) in [5.74, 6) is 0.619. The Morgan fingerprint density at radius 3 is 2.69 bits per heavy atom. The maximum Gasteiger partial charge on any atom is 0.187 e. The summed E-state index contributed by atoms with van der Waals surface area (Å²) in [7, 11) is 1.59. The van der Waals surface area contributed by atoms with E-state index in [2.05, 4.69) is 15.5 Å². The van der Waals surface area contributed by atoms with E-state index < -0.39 is 0 Å². The van der Waals surface area contributed by atoms with Crippen LogP contribution in [0.15, 0.2) is 54.6 Å². The van der Waals surface area contributed by atoms with E-state index in [1.165, 1.54) is 6.08 Å². The van der Waals surface area contributed by atoms with Crippen molar-refractivity contribution in [1.29, 1.82) is 0 Å². The maximum absolute atomic E-state index is 12.4. The van der Waals surface area contributed by atoms with Crippen molar-refractivity contribution in [3.8, 4) is 5.75 Å². The first-order valence-corrected chi connectivity index (χ1v) is 8.13. The van der Waals surface area contributed by atoms with E-state index >= 15 is 0 Å². The van der Waals surface area contributed by atoms with E-state index in [9.17, 15) is 4.79 Å². The quantitative estimate of drug-likeness (QED) is 0.419. The number of benzene rings is 2. The maximum atomic E-state index is 12.4. The molecular weight excluding hydrogens is 328 g/mol. The molecule has 4 aromatic rings. The van der Waals surface area contributed by atoms with Gasteiger partial charge in [-0.25, -0.2) is 0 Å². The molecule has 0 unspecified atom stereocenters. The highest BCUT2D eigenvalue weighted by atomic mass is 16.5. The molecule has 0 amide bonds. The number of hydrogen-bond acceptors (Lipinski definition) is 5. The van der Waals surface area contributed by atoms with Gasteiger partial charge in [-0.1, -0.05) is 12.1 Å². The molecule has 4 rings (SSSR count). The molecule has 2 aromatic carbocycles. The molecule has 128 valence electrons. The Morgan fingerprint density at radius 1 is 1.12 bits per heavy atom. The lowest BCUT2D eigenvalue weighted by Crippen LogP contribution is -1.96. The van der Waals surface area contributed by atoms with Crippen molar-refractivity contribution >= 4 is 28.4 Å². The molecule has 0 atom stereocenters. The number of aryl methyl sites for hydroxylation is 1. The van der Waals surface area contributed by atoms with Crippen molar-refractivity contribution < 1.29 is 9.53 Å². The van der Waals surface area contributed by atoms with Crippen LogP contribution in [0.3, 0.4) is 0 Å². The first kappa shape index (κ1) is 16.0. The minimum absolute atomic E-state index is 0.0951. The average Bonchev–Trinajstić information content (AvgIpc) is 3.16. The van der Waals surface area contributed by atoms with Gasteiger partial charge in [-0.05, 0) is 71.5 Å². The summed E-state index contributed by atoms with van der Waals surface area (Å²) < 4.78 is 6.81. The molecule has 0 saturated carbocycles. The second-order valence-corrected chi connectivity index (χ2v) is 6.00. The van der Waals surface area contributed by atoms with Gasteiger partial charge in [0.15, 0.2) is 11.4 Å². The van der Waals surface area contributed by atoms with Crippen LogP contribution in [0.2, 0.25) is 0 Å². The standard InChI is InChI=1S/C20H16N4O2/c1-13-3-4-15-12-16(20-21-22-23-24(20)18(15)11-13)7-10-19(25)14-5-8-17(26-2)9-6-14/h3-12H,1-2H3/b10-7+. The zero-order valence-corrected chi connectivity index (χ0v) is 14.4. The van der Waals surface area contributed by atoms with Gasteiger partial charge in [0, 0.05) is 16.5 Å². The van der Waals surface area contributed by atoms with E-state index in [4.69, 9.17) is 4.74 Å². The SMILES string of the molecule is COc1ccc(C(=O)/C=C/c2cc3ccc(C)cc3n3nnnc23)cc1. The van der Waals surface area contributed by atoms with Gasteiger partial charge in [0.25, 0.3) is 0 Å². The molecular formula is C20H16N4O2. The molecule has 0 aliphatic heterocycles. The van der Waals surface area contributed by atoms with Crippen LogP contribution < -0.4 is 4.74 Å². The predicted molar refractivity (Wildman–Crippen MR) is 99.4 cm³/mol. The topological polar surface area (TPSA) is 69.4 Å². The summed E-state index contributed by atoms with van der Waals surface area (Å²) in [6, 6.07) is 15.1. The summed E-state index contributed by atoms with van der Waals surface area (Å²) in [6.45, 7) is 2.02. The summed E-state index contributed by atoms with van der Waals surface area (Å²) in [4.78, 5) is 12.4. The van der Waals surface area contributed by atoms with Gasteiger partial charge in [0.2, 0.25) is 0 Å². The second-order valence-electron chi connectivity index (χ2n) is 6.00. The minimum Gasteiger partial charge on any atom is -0.497 e. The van der Waals surface area contributed by atoms with Crippen LogP contribution in [0.5, 0.6) is 5.75 Å². The van der Waals surface area contributed by atoms with Gasteiger partial charge in [-0.15, -0.1) is 5.10 Å². The van der Waals surface area contributed by atoms with Gasteiger partial charge in [-0.3, -0.25) is 4.79 Å². The van der Waals surface area contributed by atoms with Crippen molar-refractivity contribution in [2.45, 2.75) is 6.92 Å². The van der Waals surface area contributed by atoms with E-state index in [-0.39, 0.29) is 5.78 Å². The number of carbonyl (C=O) groups is 1. The number of nitrogens with zero attached hydrogens (tertiary/aromatic N) is 4. The van der Waals surface area contributed by atoms with Crippen LogP contribution in [-0.4, -0.2) is 32.9 Å². The molecule has 0 aliphatic rings. The van der Waals surface area contributed by atoms with E-state index in [0.717, 1.165) is 22.0 Å². The number of carbonyl (C=O) groups excluding carboxylic acids is 1. The van der Waals surface area contributed by atoms with Gasteiger partial charge in [0.05, 0.1) is 12.6 Å². The highest BCUT2D eigenvalue weighted by molar-refractivity contribution is 6.07. The number of aromatic nitrogens is 4.